The van der Waals surface area contributed by atoms with Gasteiger partial charge in [0.15, 0.2) is 0 Å². The van der Waals surface area contributed by atoms with E-state index in [2.05, 4.69) is 17.0 Å². The molecule has 5 heteroatoms. The van der Waals surface area contributed by atoms with Crippen molar-refractivity contribution in [3.63, 3.8) is 0 Å². The molecule has 22 heavy (non-hydrogen) atoms. The van der Waals surface area contributed by atoms with E-state index in [9.17, 15) is 4.79 Å². The second-order valence-corrected chi connectivity index (χ2v) is 5.32. The highest BCUT2D eigenvalue weighted by molar-refractivity contribution is 5.88. The Kier molecular flexibility index (Phi) is 4.88. The van der Waals surface area contributed by atoms with Gasteiger partial charge in [0.05, 0.1) is 18.4 Å². The molecule has 1 atom stereocenters. The molecular weight excluding hydrogens is 282 g/mol. The number of esters is 1. The number of carbonyl (C=O) groups is 1. The molecule has 0 spiro atoms. The first-order valence-electron chi connectivity index (χ1n) is 7.38. The molecule has 1 fully saturated rings. The maximum absolute atomic E-state index is 11.8. The Balaban J connectivity index is 1.47. The van der Waals surface area contributed by atoms with Crippen LogP contribution in [0, 0.1) is 0 Å². The average molecular weight is 301 g/mol. The lowest BCUT2D eigenvalue weighted by molar-refractivity contribution is -0.0612. The minimum atomic E-state index is -0.377. The number of furan rings is 1. The normalized spacial score (nSPS) is 19.0. The van der Waals surface area contributed by atoms with Gasteiger partial charge < -0.3 is 13.9 Å². The molecule has 1 aliphatic rings. The molecule has 2 heterocycles. The van der Waals surface area contributed by atoms with E-state index in [1.807, 2.05) is 18.2 Å². The zero-order chi connectivity index (χ0) is 15.2. The highest BCUT2D eigenvalue weighted by atomic mass is 16.6. The van der Waals surface area contributed by atoms with Crippen LogP contribution in [0.5, 0.6) is 0 Å². The van der Waals surface area contributed by atoms with E-state index in [0.717, 1.165) is 19.6 Å². The van der Waals surface area contributed by atoms with Crippen molar-refractivity contribution in [3.8, 4) is 0 Å². The molecule has 2 aromatic rings. The third-order valence-corrected chi connectivity index (χ3v) is 3.63. The Bertz CT molecular complexity index is 582. The third-order valence-electron chi connectivity index (χ3n) is 3.63. The maximum Gasteiger partial charge on any atom is 0.341 e. The summed E-state index contributed by atoms with van der Waals surface area (Å²) in [7, 11) is 0. The van der Waals surface area contributed by atoms with E-state index < -0.39 is 0 Å². The van der Waals surface area contributed by atoms with E-state index in [4.69, 9.17) is 13.9 Å². The summed E-state index contributed by atoms with van der Waals surface area (Å²) >= 11 is 0. The van der Waals surface area contributed by atoms with E-state index in [1.54, 1.807) is 6.07 Å². The Hall–Kier alpha value is -2.11. The van der Waals surface area contributed by atoms with E-state index in [-0.39, 0.29) is 18.7 Å². The van der Waals surface area contributed by atoms with Gasteiger partial charge in [-0.1, -0.05) is 30.3 Å². The van der Waals surface area contributed by atoms with Gasteiger partial charge in [-0.3, -0.25) is 4.90 Å². The minimum absolute atomic E-state index is 0.0895. The number of ether oxygens (including phenoxy) is 2. The predicted molar refractivity (Wildman–Crippen MR) is 80.4 cm³/mol. The van der Waals surface area contributed by atoms with Crippen molar-refractivity contribution in [3.05, 3.63) is 60.1 Å². The molecule has 5 nitrogen and oxygen atoms in total. The van der Waals surface area contributed by atoms with E-state index >= 15 is 0 Å². The second kappa shape index (κ2) is 7.24. The number of hydrogen-bond donors (Lipinski definition) is 0. The number of hydrogen-bond acceptors (Lipinski definition) is 5. The highest BCUT2D eigenvalue weighted by Gasteiger charge is 2.22. The van der Waals surface area contributed by atoms with Gasteiger partial charge in [-0.25, -0.2) is 4.79 Å². The zero-order valence-corrected chi connectivity index (χ0v) is 12.3. The highest BCUT2D eigenvalue weighted by Crippen LogP contribution is 2.11. The van der Waals surface area contributed by atoms with Crippen LogP contribution < -0.4 is 0 Å². The van der Waals surface area contributed by atoms with Crippen LogP contribution in [-0.4, -0.2) is 43.3 Å². The largest absolute Gasteiger partial charge is 0.472 e. The Morgan fingerprint density at radius 2 is 2.14 bits per heavy atom. The summed E-state index contributed by atoms with van der Waals surface area (Å²) in [6.07, 6.45) is 2.74. The lowest BCUT2D eigenvalue weighted by atomic mass is 10.2. The molecule has 1 aliphatic heterocycles. The number of nitrogens with zero attached hydrogens (tertiary/aromatic N) is 1. The number of morpholine rings is 1. The lowest BCUT2D eigenvalue weighted by Crippen LogP contribution is -2.44. The van der Waals surface area contributed by atoms with Crippen molar-refractivity contribution in [2.45, 2.75) is 12.6 Å². The predicted octanol–water partition coefficient (Wildman–Crippen LogP) is 2.34. The zero-order valence-electron chi connectivity index (χ0n) is 12.3. The molecule has 0 radical (unpaired) electrons. The SMILES string of the molecule is O=C(OCC1CN(Cc2ccccc2)CCO1)c1ccoc1. The van der Waals surface area contributed by atoms with Gasteiger partial charge >= 0.3 is 5.97 Å². The van der Waals surface area contributed by atoms with Gasteiger partial charge in [-0.15, -0.1) is 0 Å². The van der Waals surface area contributed by atoms with Crippen LogP contribution in [0.1, 0.15) is 15.9 Å². The van der Waals surface area contributed by atoms with Crippen LogP contribution in [-0.2, 0) is 16.0 Å². The Labute approximate surface area is 129 Å². The van der Waals surface area contributed by atoms with Crippen molar-refractivity contribution in [1.82, 2.24) is 4.90 Å². The smallest absolute Gasteiger partial charge is 0.341 e. The average Bonchev–Trinajstić information content (AvgIpc) is 3.08. The van der Waals surface area contributed by atoms with Crippen molar-refractivity contribution >= 4 is 5.97 Å². The number of carbonyl (C=O) groups excluding carboxylic acids is 1. The summed E-state index contributed by atoms with van der Waals surface area (Å²) in [4.78, 5) is 14.1. The molecule has 1 aromatic carbocycles. The van der Waals surface area contributed by atoms with Crippen molar-refractivity contribution < 1.29 is 18.7 Å². The number of benzene rings is 1. The molecule has 0 bridgehead atoms. The maximum atomic E-state index is 11.8. The summed E-state index contributed by atoms with van der Waals surface area (Å²) in [5.74, 6) is -0.377. The van der Waals surface area contributed by atoms with Crippen molar-refractivity contribution in [1.29, 1.82) is 0 Å². The summed E-state index contributed by atoms with van der Waals surface area (Å²) in [5.41, 5.74) is 1.70. The standard InChI is InChI=1S/C17H19NO4/c19-17(15-6-8-20-12-15)22-13-16-11-18(7-9-21-16)10-14-4-2-1-3-5-14/h1-6,8,12,16H,7,9-11,13H2. The van der Waals surface area contributed by atoms with E-state index in [1.165, 1.54) is 18.1 Å². The van der Waals surface area contributed by atoms with Gasteiger partial charge in [-0.05, 0) is 11.6 Å². The molecule has 0 amide bonds. The van der Waals surface area contributed by atoms with Crippen LogP contribution in [0.25, 0.3) is 0 Å². The first-order valence-corrected chi connectivity index (χ1v) is 7.38. The Morgan fingerprint density at radius 1 is 1.27 bits per heavy atom. The topological polar surface area (TPSA) is 51.9 Å². The molecular formula is C17H19NO4. The van der Waals surface area contributed by atoms with Crippen LogP contribution in [0.2, 0.25) is 0 Å². The van der Waals surface area contributed by atoms with Crippen molar-refractivity contribution in [2.75, 3.05) is 26.3 Å². The fourth-order valence-electron chi connectivity index (χ4n) is 2.50. The van der Waals surface area contributed by atoms with Crippen LogP contribution in [0.15, 0.2) is 53.3 Å². The molecule has 1 saturated heterocycles. The van der Waals surface area contributed by atoms with Crippen LogP contribution >= 0.6 is 0 Å². The summed E-state index contributed by atoms with van der Waals surface area (Å²) in [6, 6.07) is 11.9. The fraction of sp³-hybridized carbons (Fsp3) is 0.353. The molecule has 0 saturated carbocycles. The monoisotopic (exact) mass is 301 g/mol. The molecule has 3 rings (SSSR count). The summed E-state index contributed by atoms with van der Waals surface area (Å²) < 4.78 is 15.8. The Morgan fingerprint density at radius 3 is 2.91 bits per heavy atom. The van der Waals surface area contributed by atoms with Crippen LogP contribution in [0.3, 0.4) is 0 Å². The molecule has 116 valence electrons. The van der Waals surface area contributed by atoms with Gasteiger partial charge in [-0.2, -0.15) is 0 Å². The molecule has 1 unspecified atom stereocenters. The van der Waals surface area contributed by atoms with E-state index in [0.29, 0.717) is 12.2 Å². The first-order chi connectivity index (χ1) is 10.8. The second-order valence-electron chi connectivity index (χ2n) is 5.32. The molecule has 0 aliphatic carbocycles. The molecule has 0 N–H and O–H groups in total. The summed E-state index contributed by atoms with van der Waals surface area (Å²) in [5, 5.41) is 0. The lowest BCUT2D eigenvalue weighted by Gasteiger charge is -2.32. The van der Waals surface area contributed by atoms with Crippen molar-refractivity contribution in [2.24, 2.45) is 0 Å². The number of rotatable bonds is 5. The molecule has 1 aromatic heterocycles. The summed E-state index contributed by atoms with van der Waals surface area (Å²) in [6.45, 7) is 3.45. The quantitative estimate of drug-likeness (QED) is 0.793. The van der Waals surface area contributed by atoms with Gasteiger partial charge in [0.2, 0.25) is 0 Å². The van der Waals surface area contributed by atoms with Gasteiger partial charge in [0.1, 0.15) is 19.0 Å². The van der Waals surface area contributed by atoms with Gasteiger partial charge in [0, 0.05) is 19.6 Å². The fourth-order valence-corrected chi connectivity index (χ4v) is 2.50. The van der Waals surface area contributed by atoms with Crippen LogP contribution in [0.4, 0.5) is 0 Å². The third kappa shape index (κ3) is 3.96. The van der Waals surface area contributed by atoms with Gasteiger partial charge in [0.25, 0.3) is 0 Å². The first kappa shape index (κ1) is 14.8. The minimum Gasteiger partial charge on any atom is -0.472 e.